The molecule has 2 aromatic heterocycles. The molecule has 3 fully saturated rings. The van der Waals surface area contributed by atoms with Gasteiger partial charge in [0.1, 0.15) is 22.8 Å². The first-order valence-corrected chi connectivity index (χ1v) is 17.1. The van der Waals surface area contributed by atoms with Gasteiger partial charge in [0.15, 0.2) is 5.82 Å². The third-order valence-corrected chi connectivity index (χ3v) is 10.9. The Morgan fingerprint density at radius 2 is 1.80 bits per heavy atom. The molecule has 8 rings (SSSR count). The first kappa shape index (κ1) is 32.5. The predicted octanol–water partition coefficient (Wildman–Crippen LogP) is 6.56. The van der Waals surface area contributed by atoms with E-state index in [1.165, 1.54) is 6.07 Å². The maximum absolute atomic E-state index is 17.0. The van der Waals surface area contributed by atoms with Crippen molar-refractivity contribution < 1.29 is 31.4 Å². The van der Waals surface area contributed by atoms with E-state index >= 15 is 4.39 Å². The Bertz CT molecular complexity index is 1910. The number of benzene rings is 2. The van der Waals surface area contributed by atoms with Gasteiger partial charge in [-0.15, -0.1) is 13.2 Å². The fraction of sp³-hybridized carbons (Fsp3) is 0.528. The van der Waals surface area contributed by atoms with Gasteiger partial charge in [0.05, 0.1) is 23.8 Å². The molecule has 0 spiro atoms. The van der Waals surface area contributed by atoms with Gasteiger partial charge < -0.3 is 19.9 Å². The minimum absolute atomic E-state index is 0.0834. The van der Waals surface area contributed by atoms with Gasteiger partial charge in [0, 0.05) is 56.3 Å². The molecule has 2 atom stereocenters. The molecule has 2 aromatic carbocycles. The predicted molar refractivity (Wildman–Crippen MR) is 176 cm³/mol. The maximum atomic E-state index is 17.0. The Morgan fingerprint density at radius 3 is 2.55 bits per heavy atom. The van der Waals surface area contributed by atoms with E-state index in [0.29, 0.717) is 85.5 Å². The van der Waals surface area contributed by atoms with Gasteiger partial charge in [-0.2, -0.15) is 9.97 Å². The molecule has 260 valence electrons. The summed E-state index contributed by atoms with van der Waals surface area (Å²) in [6.45, 7) is 8.09. The Labute approximate surface area is 281 Å². The first-order chi connectivity index (χ1) is 23.5. The van der Waals surface area contributed by atoms with Crippen molar-refractivity contribution in [1.82, 2.24) is 25.2 Å². The van der Waals surface area contributed by atoms with Crippen molar-refractivity contribution in [3.63, 3.8) is 0 Å². The summed E-state index contributed by atoms with van der Waals surface area (Å²) in [7, 11) is 0. The number of anilines is 1. The molecule has 5 heterocycles. The minimum Gasteiger partial charge on any atom is -0.463 e. The number of aromatic nitrogens is 3. The lowest BCUT2D eigenvalue weighted by atomic mass is 9.94. The minimum atomic E-state index is -4.62. The number of hydrogen-bond donors (Lipinski definition) is 1. The number of pyridine rings is 1. The normalized spacial score (nSPS) is 22.7. The molecule has 13 heteroatoms. The zero-order valence-corrected chi connectivity index (χ0v) is 27.5. The van der Waals surface area contributed by atoms with E-state index in [-0.39, 0.29) is 40.4 Å². The fourth-order valence-corrected chi connectivity index (χ4v) is 8.07. The highest BCUT2D eigenvalue weighted by molar-refractivity contribution is 6.01. The second-order valence-corrected chi connectivity index (χ2v) is 14.3. The van der Waals surface area contributed by atoms with E-state index in [4.69, 9.17) is 19.7 Å². The average Bonchev–Trinajstić information content (AvgIpc) is 3.87. The smallest absolute Gasteiger partial charge is 0.463 e. The van der Waals surface area contributed by atoms with Crippen LogP contribution in [0, 0.1) is 29.9 Å². The van der Waals surface area contributed by atoms with Crippen LogP contribution in [0.3, 0.4) is 0 Å². The number of nitrogens with zero attached hydrogens (tertiary/aromatic N) is 5. The molecule has 4 aliphatic rings. The summed E-state index contributed by atoms with van der Waals surface area (Å²) >= 11 is 0. The van der Waals surface area contributed by atoms with Gasteiger partial charge in [-0.05, 0) is 67.3 Å². The van der Waals surface area contributed by atoms with Crippen molar-refractivity contribution in [3.05, 3.63) is 53.2 Å². The number of fused-ring (bicyclic) bond motifs is 3. The van der Waals surface area contributed by atoms with Gasteiger partial charge in [-0.3, -0.25) is 4.74 Å². The van der Waals surface area contributed by atoms with E-state index in [1.807, 2.05) is 12.1 Å². The summed E-state index contributed by atoms with van der Waals surface area (Å²) in [4.78, 5) is 19.0. The fourth-order valence-electron chi connectivity index (χ4n) is 8.07. The number of piperazine rings is 1. The van der Waals surface area contributed by atoms with Crippen molar-refractivity contribution in [2.24, 2.45) is 11.3 Å². The summed E-state index contributed by atoms with van der Waals surface area (Å²) in [5.41, 5.74) is 1.72. The van der Waals surface area contributed by atoms with Gasteiger partial charge in [0.25, 0.3) is 0 Å². The molecular formula is C36H39F5N6O2. The van der Waals surface area contributed by atoms with Crippen LogP contribution in [0.25, 0.3) is 32.9 Å². The van der Waals surface area contributed by atoms with E-state index in [1.54, 1.807) is 19.1 Å². The Morgan fingerprint density at radius 1 is 1.00 bits per heavy atom. The van der Waals surface area contributed by atoms with Crippen LogP contribution in [-0.2, 0) is 11.2 Å². The van der Waals surface area contributed by atoms with Crippen molar-refractivity contribution in [2.45, 2.75) is 64.5 Å². The molecular weight excluding hydrogens is 643 g/mol. The number of aryl methyl sites for hydroxylation is 1. The largest absolute Gasteiger partial charge is 0.522 e. The van der Waals surface area contributed by atoms with Crippen molar-refractivity contribution in [3.8, 4) is 17.3 Å². The second-order valence-electron chi connectivity index (χ2n) is 14.3. The van der Waals surface area contributed by atoms with Crippen molar-refractivity contribution in [2.75, 3.05) is 50.8 Å². The molecule has 1 aliphatic carbocycles. The lowest BCUT2D eigenvalue weighted by molar-refractivity contribution is -0.345. The molecule has 1 unspecified atom stereocenters. The average molecular weight is 683 g/mol. The first-order valence-electron chi connectivity index (χ1n) is 17.1. The lowest BCUT2D eigenvalue weighted by Gasteiger charge is -2.39. The highest BCUT2D eigenvalue weighted by Crippen LogP contribution is 2.47. The van der Waals surface area contributed by atoms with Crippen LogP contribution in [0.5, 0.6) is 6.01 Å². The summed E-state index contributed by atoms with van der Waals surface area (Å²) in [5, 5.41) is 5.47. The van der Waals surface area contributed by atoms with Gasteiger partial charge in [-0.25, -0.2) is 13.8 Å². The molecule has 1 N–H and O–H groups in total. The SMILES string of the molecule is Cc1c(F)ccc2cccc(-c3nc4c5c(nc(OCC6(CN7CCC(OC(F)(F)F)CC7)CC6)nc5c3F)N3CCNCC3[C@@H](C)C4)c12. The number of rotatable bonds is 7. The Hall–Kier alpha value is -3.68. The highest BCUT2D eigenvalue weighted by atomic mass is 19.4. The molecule has 0 radical (unpaired) electrons. The van der Waals surface area contributed by atoms with Gasteiger partial charge in [0.2, 0.25) is 0 Å². The van der Waals surface area contributed by atoms with Crippen LogP contribution in [-0.4, -0.2) is 84.2 Å². The van der Waals surface area contributed by atoms with Crippen LogP contribution in [0.15, 0.2) is 30.3 Å². The molecule has 3 aliphatic heterocycles. The number of halogens is 5. The topological polar surface area (TPSA) is 75.6 Å². The Kier molecular flexibility index (Phi) is 8.15. The quantitative estimate of drug-likeness (QED) is 0.220. The van der Waals surface area contributed by atoms with Crippen molar-refractivity contribution in [1.29, 1.82) is 0 Å². The monoisotopic (exact) mass is 682 g/mol. The molecule has 0 bridgehead atoms. The summed E-state index contributed by atoms with van der Waals surface area (Å²) in [5.74, 6) is -0.187. The van der Waals surface area contributed by atoms with Crippen LogP contribution in [0.2, 0.25) is 0 Å². The Balaban J connectivity index is 1.15. The van der Waals surface area contributed by atoms with Gasteiger partial charge >= 0.3 is 12.4 Å². The van der Waals surface area contributed by atoms with E-state index < -0.39 is 18.3 Å². The molecule has 2 saturated heterocycles. The number of alkyl halides is 3. The third-order valence-electron chi connectivity index (χ3n) is 10.9. The van der Waals surface area contributed by atoms with E-state index in [2.05, 4.69) is 26.8 Å². The van der Waals surface area contributed by atoms with Crippen LogP contribution >= 0.6 is 0 Å². The highest BCUT2D eigenvalue weighted by Gasteiger charge is 2.46. The molecule has 49 heavy (non-hydrogen) atoms. The lowest BCUT2D eigenvalue weighted by Crippen LogP contribution is -2.54. The molecule has 8 nitrogen and oxygen atoms in total. The van der Waals surface area contributed by atoms with Crippen LogP contribution < -0.4 is 15.0 Å². The number of ether oxygens (including phenoxy) is 2. The van der Waals surface area contributed by atoms with Gasteiger partial charge in [-0.1, -0.05) is 31.2 Å². The summed E-state index contributed by atoms with van der Waals surface area (Å²) in [6, 6.07) is 8.79. The summed E-state index contributed by atoms with van der Waals surface area (Å²) < 4.78 is 80.5. The zero-order valence-electron chi connectivity index (χ0n) is 27.5. The van der Waals surface area contributed by atoms with Crippen LogP contribution in [0.1, 0.15) is 43.9 Å². The number of nitrogens with one attached hydrogen (secondary N) is 1. The van der Waals surface area contributed by atoms with Crippen LogP contribution in [0.4, 0.5) is 27.8 Å². The zero-order chi connectivity index (χ0) is 34.1. The van der Waals surface area contributed by atoms with E-state index in [0.717, 1.165) is 31.3 Å². The van der Waals surface area contributed by atoms with E-state index in [9.17, 15) is 17.6 Å². The maximum Gasteiger partial charge on any atom is 0.522 e. The number of hydrogen-bond acceptors (Lipinski definition) is 8. The standard InChI is InChI=1S/C36H39F5N6O2/c1-20-16-26-29-32(30(38)31(43-26)24-5-3-4-22-6-7-25(37)21(2)28(22)24)44-34(45-33(29)47-15-12-42-17-27(20)47)48-19-35(10-11-35)18-46-13-8-23(9-14-46)49-36(39,40)41/h3-7,20,23,27,42H,8-19H2,1-2H3/t20-,27?/m0/s1. The third kappa shape index (κ3) is 6.18. The molecule has 1 saturated carbocycles. The summed E-state index contributed by atoms with van der Waals surface area (Å²) in [6.07, 6.45) is -2.39. The molecule has 4 aromatic rings. The van der Waals surface area contributed by atoms with Crippen molar-refractivity contribution >= 4 is 27.5 Å². The number of piperidine rings is 1. The second kappa shape index (κ2) is 12.3. The molecule has 0 amide bonds. The number of likely N-dealkylation sites (tertiary alicyclic amines) is 1.